The molecule has 102 valence electrons. The van der Waals surface area contributed by atoms with Gasteiger partial charge in [-0.3, -0.25) is 4.90 Å². The fourth-order valence-corrected chi connectivity index (χ4v) is 2.85. The molecule has 0 aliphatic carbocycles. The predicted molar refractivity (Wildman–Crippen MR) is 83.5 cm³/mol. The van der Waals surface area contributed by atoms with Crippen LogP contribution in [-0.4, -0.2) is 24.5 Å². The molecule has 0 aromatic heterocycles. The molecule has 2 N–H and O–H groups in total. The Morgan fingerprint density at radius 3 is 2.61 bits per heavy atom. The van der Waals surface area contributed by atoms with Crippen molar-refractivity contribution in [3.63, 3.8) is 0 Å². The normalized spacial score (nSPS) is 17.5. The van der Waals surface area contributed by atoms with E-state index in [1.165, 1.54) is 18.4 Å². The lowest BCUT2D eigenvalue weighted by molar-refractivity contribution is 0.180. The third-order valence-electron chi connectivity index (χ3n) is 3.44. The van der Waals surface area contributed by atoms with E-state index in [2.05, 4.69) is 20.8 Å². The van der Waals surface area contributed by atoms with Gasteiger partial charge >= 0.3 is 0 Å². The second-order valence-corrected chi connectivity index (χ2v) is 5.98. The van der Waals surface area contributed by atoms with Crippen molar-refractivity contribution in [2.45, 2.75) is 19.4 Å². The van der Waals surface area contributed by atoms with Crippen molar-refractivity contribution in [1.82, 2.24) is 4.90 Å². The summed E-state index contributed by atoms with van der Waals surface area (Å²) in [5.41, 5.74) is 6.97. The van der Waals surface area contributed by atoms with E-state index in [9.17, 15) is 0 Å². The number of piperidine rings is 1. The number of rotatable bonds is 3. The van der Waals surface area contributed by atoms with Crippen LogP contribution in [0, 0.1) is 5.92 Å². The molecule has 0 radical (unpaired) electrons. The van der Waals surface area contributed by atoms with Crippen LogP contribution in [0.1, 0.15) is 18.4 Å². The molecule has 2 nitrogen and oxygen atoms in total. The topological polar surface area (TPSA) is 29.3 Å². The summed E-state index contributed by atoms with van der Waals surface area (Å²) in [6.45, 7) is 4.08. The summed E-state index contributed by atoms with van der Waals surface area (Å²) < 4.78 is 1.14. The maximum absolute atomic E-state index is 6.02. The molecule has 0 saturated carbocycles. The molecule has 1 fully saturated rings. The van der Waals surface area contributed by atoms with Gasteiger partial charge in [-0.1, -0.05) is 27.5 Å². The quantitative estimate of drug-likeness (QED) is 0.897. The summed E-state index contributed by atoms with van der Waals surface area (Å²) in [4.78, 5) is 2.47. The first-order valence-corrected chi connectivity index (χ1v) is 7.22. The van der Waals surface area contributed by atoms with Crippen molar-refractivity contribution in [2.24, 2.45) is 11.7 Å². The number of likely N-dealkylation sites (tertiary alicyclic amines) is 1. The van der Waals surface area contributed by atoms with Crippen LogP contribution in [0.15, 0.2) is 22.7 Å². The highest BCUT2D eigenvalue weighted by atomic mass is 79.9. The van der Waals surface area contributed by atoms with Crippen LogP contribution in [-0.2, 0) is 6.54 Å². The third kappa shape index (κ3) is 4.39. The van der Waals surface area contributed by atoms with Gasteiger partial charge in [-0.15, -0.1) is 12.4 Å². The van der Waals surface area contributed by atoms with Crippen molar-refractivity contribution in [3.8, 4) is 0 Å². The molecule has 0 atom stereocenters. The highest BCUT2D eigenvalue weighted by molar-refractivity contribution is 9.10. The van der Waals surface area contributed by atoms with Crippen molar-refractivity contribution in [1.29, 1.82) is 0 Å². The Balaban J connectivity index is 0.00000162. The van der Waals surface area contributed by atoms with Gasteiger partial charge in [0.05, 0.1) is 0 Å². The van der Waals surface area contributed by atoms with Crippen LogP contribution >= 0.6 is 39.9 Å². The van der Waals surface area contributed by atoms with Gasteiger partial charge in [-0.25, -0.2) is 0 Å². The van der Waals surface area contributed by atoms with Gasteiger partial charge in [0.1, 0.15) is 0 Å². The van der Waals surface area contributed by atoms with Crippen molar-refractivity contribution >= 4 is 39.9 Å². The minimum atomic E-state index is 0. The van der Waals surface area contributed by atoms with Crippen LogP contribution in [0.5, 0.6) is 0 Å². The summed E-state index contributed by atoms with van der Waals surface area (Å²) in [6.07, 6.45) is 2.43. The van der Waals surface area contributed by atoms with Crippen molar-refractivity contribution < 1.29 is 0 Å². The standard InChI is InChI=1S/C13H18BrClN2.ClH/c14-13-2-1-12(15)7-11(13)9-17-5-3-10(8-16)4-6-17;/h1-2,7,10H,3-6,8-9,16H2;1H. The molecule has 1 aliphatic heterocycles. The van der Waals surface area contributed by atoms with Gasteiger partial charge in [0.2, 0.25) is 0 Å². The van der Waals surface area contributed by atoms with Crippen LogP contribution in [0.3, 0.4) is 0 Å². The van der Waals surface area contributed by atoms with Crippen LogP contribution in [0.25, 0.3) is 0 Å². The van der Waals surface area contributed by atoms with E-state index in [1.807, 2.05) is 18.2 Å². The van der Waals surface area contributed by atoms with Crippen LogP contribution < -0.4 is 5.73 Å². The molecule has 0 spiro atoms. The molecule has 18 heavy (non-hydrogen) atoms. The summed E-state index contributed by atoms with van der Waals surface area (Å²) in [6, 6.07) is 5.97. The first-order chi connectivity index (χ1) is 8.19. The Morgan fingerprint density at radius 2 is 2.00 bits per heavy atom. The average Bonchev–Trinajstić information content (AvgIpc) is 2.35. The lowest BCUT2D eigenvalue weighted by Crippen LogP contribution is -2.35. The highest BCUT2D eigenvalue weighted by Gasteiger charge is 2.18. The van der Waals surface area contributed by atoms with Gasteiger partial charge < -0.3 is 5.73 Å². The summed E-state index contributed by atoms with van der Waals surface area (Å²) in [5, 5.41) is 0.806. The number of nitrogens with zero attached hydrogens (tertiary/aromatic N) is 1. The fourth-order valence-electron chi connectivity index (χ4n) is 2.29. The van der Waals surface area contributed by atoms with E-state index in [0.29, 0.717) is 5.92 Å². The number of nitrogens with two attached hydrogens (primary N) is 1. The summed E-state index contributed by atoms with van der Waals surface area (Å²) >= 11 is 9.60. The Labute approximate surface area is 128 Å². The largest absolute Gasteiger partial charge is 0.330 e. The smallest absolute Gasteiger partial charge is 0.0410 e. The lowest BCUT2D eigenvalue weighted by Gasteiger charge is -2.31. The molecule has 0 bridgehead atoms. The monoisotopic (exact) mass is 352 g/mol. The first kappa shape index (κ1) is 16.3. The van der Waals surface area contributed by atoms with Gasteiger partial charge in [-0.2, -0.15) is 0 Å². The summed E-state index contributed by atoms with van der Waals surface area (Å²) in [7, 11) is 0. The Hall–Kier alpha value is 0.200. The summed E-state index contributed by atoms with van der Waals surface area (Å²) in [5.74, 6) is 0.717. The van der Waals surface area contributed by atoms with Crippen molar-refractivity contribution in [3.05, 3.63) is 33.3 Å². The second-order valence-electron chi connectivity index (χ2n) is 4.69. The SMILES string of the molecule is Cl.NCC1CCN(Cc2cc(Cl)ccc2Br)CC1. The lowest BCUT2D eigenvalue weighted by atomic mass is 9.97. The molecular weight excluding hydrogens is 335 g/mol. The zero-order valence-corrected chi connectivity index (χ0v) is 13.4. The van der Waals surface area contributed by atoms with E-state index < -0.39 is 0 Å². The number of hydrogen-bond donors (Lipinski definition) is 1. The van der Waals surface area contributed by atoms with Crippen LogP contribution in [0.4, 0.5) is 0 Å². The minimum Gasteiger partial charge on any atom is -0.330 e. The molecule has 0 amide bonds. The van der Waals surface area contributed by atoms with Gasteiger partial charge in [0.25, 0.3) is 0 Å². The Morgan fingerprint density at radius 1 is 1.33 bits per heavy atom. The number of benzene rings is 1. The van der Waals surface area contributed by atoms with E-state index in [-0.39, 0.29) is 12.4 Å². The fraction of sp³-hybridized carbons (Fsp3) is 0.538. The van der Waals surface area contributed by atoms with Crippen molar-refractivity contribution in [2.75, 3.05) is 19.6 Å². The molecule has 5 heteroatoms. The molecule has 1 aromatic carbocycles. The van der Waals surface area contributed by atoms with Gasteiger partial charge in [0.15, 0.2) is 0 Å². The highest BCUT2D eigenvalue weighted by Crippen LogP contribution is 2.24. The zero-order valence-electron chi connectivity index (χ0n) is 10.2. The molecule has 0 unspecified atom stereocenters. The molecular formula is C13H19BrCl2N2. The van der Waals surface area contributed by atoms with E-state index >= 15 is 0 Å². The third-order valence-corrected chi connectivity index (χ3v) is 4.45. The van der Waals surface area contributed by atoms with E-state index in [0.717, 1.165) is 35.7 Å². The molecule has 1 aliphatic rings. The molecule has 1 aromatic rings. The predicted octanol–water partition coefficient (Wildman–Crippen LogP) is 3.70. The molecule has 2 rings (SSSR count). The zero-order chi connectivity index (χ0) is 12.3. The second kappa shape index (κ2) is 7.71. The number of hydrogen-bond acceptors (Lipinski definition) is 2. The molecule has 1 heterocycles. The Kier molecular flexibility index (Phi) is 6.96. The van der Waals surface area contributed by atoms with Gasteiger partial charge in [-0.05, 0) is 62.2 Å². The Bertz CT molecular complexity index is 379. The van der Waals surface area contributed by atoms with E-state index in [4.69, 9.17) is 17.3 Å². The van der Waals surface area contributed by atoms with E-state index in [1.54, 1.807) is 0 Å². The molecule has 1 saturated heterocycles. The maximum atomic E-state index is 6.02. The van der Waals surface area contributed by atoms with Gasteiger partial charge in [0, 0.05) is 16.0 Å². The van der Waals surface area contributed by atoms with Crippen LogP contribution in [0.2, 0.25) is 5.02 Å². The maximum Gasteiger partial charge on any atom is 0.0410 e. The number of halogens is 3. The minimum absolute atomic E-state index is 0. The average molecular weight is 354 g/mol. The first-order valence-electron chi connectivity index (χ1n) is 6.05.